The van der Waals surface area contributed by atoms with Gasteiger partial charge in [-0.05, 0) is 65.9 Å². The minimum atomic E-state index is -0.376. The lowest BCUT2D eigenvalue weighted by molar-refractivity contribution is 0.0734. The molecule has 3 aromatic rings. The monoisotopic (exact) mass is 374 g/mol. The van der Waals surface area contributed by atoms with E-state index in [1.165, 1.54) is 5.56 Å². The van der Waals surface area contributed by atoms with Gasteiger partial charge in [-0.25, -0.2) is 4.79 Å². The second-order valence-electron chi connectivity index (χ2n) is 6.73. The topological polar surface area (TPSA) is 35.5 Å². The first-order valence-electron chi connectivity index (χ1n) is 9.84. The zero-order valence-electron chi connectivity index (χ0n) is 16.5. The summed E-state index contributed by atoms with van der Waals surface area (Å²) in [5.74, 6) is 0.911. The van der Waals surface area contributed by atoms with Crippen LogP contribution in [-0.2, 0) is 6.42 Å². The highest BCUT2D eigenvalue weighted by molar-refractivity contribution is 5.91. The summed E-state index contributed by atoms with van der Waals surface area (Å²) in [7, 11) is 0. The van der Waals surface area contributed by atoms with Gasteiger partial charge in [-0.2, -0.15) is 0 Å². The first-order chi connectivity index (χ1) is 13.7. The molecule has 3 aromatic carbocycles. The molecule has 0 atom stereocenters. The molecule has 0 aliphatic rings. The molecule has 3 nitrogen and oxygen atoms in total. The quantitative estimate of drug-likeness (QED) is 0.342. The van der Waals surface area contributed by atoms with Crippen molar-refractivity contribution in [1.29, 1.82) is 0 Å². The van der Waals surface area contributed by atoms with Crippen LogP contribution in [0.15, 0.2) is 72.8 Å². The molecule has 0 spiro atoms. The predicted octanol–water partition coefficient (Wildman–Crippen LogP) is 6.31. The second-order valence-corrected chi connectivity index (χ2v) is 6.73. The highest BCUT2D eigenvalue weighted by atomic mass is 16.5. The van der Waals surface area contributed by atoms with Crippen molar-refractivity contribution in [3.63, 3.8) is 0 Å². The first-order valence-corrected chi connectivity index (χ1v) is 9.84. The molecule has 0 fully saturated rings. The van der Waals surface area contributed by atoms with Crippen LogP contribution < -0.4 is 9.47 Å². The van der Waals surface area contributed by atoms with Gasteiger partial charge >= 0.3 is 5.97 Å². The normalized spacial score (nSPS) is 10.5. The Labute approximate surface area is 166 Å². The first kappa shape index (κ1) is 19.7. The fraction of sp³-hybridized carbons (Fsp3) is 0.240. The number of rotatable bonds is 8. The van der Waals surface area contributed by atoms with Gasteiger partial charge in [0.05, 0.1) is 12.2 Å². The molecule has 144 valence electrons. The summed E-state index contributed by atoms with van der Waals surface area (Å²) >= 11 is 0. The summed E-state index contributed by atoms with van der Waals surface area (Å²) in [5.41, 5.74) is 4.10. The lowest BCUT2D eigenvalue weighted by Crippen LogP contribution is -2.08. The van der Waals surface area contributed by atoms with E-state index in [0.29, 0.717) is 17.9 Å². The maximum atomic E-state index is 12.3. The lowest BCUT2D eigenvalue weighted by Gasteiger charge is -2.08. The fourth-order valence-corrected chi connectivity index (χ4v) is 2.94. The summed E-state index contributed by atoms with van der Waals surface area (Å²) in [6, 6.07) is 23.2. The number of carbonyl (C=O) groups is 1. The minimum absolute atomic E-state index is 0.376. The Bertz CT molecular complexity index is 879. The van der Waals surface area contributed by atoms with Crippen LogP contribution >= 0.6 is 0 Å². The van der Waals surface area contributed by atoms with Gasteiger partial charge in [-0.15, -0.1) is 0 Å². The Morgan fingerprint density at radius 3 is 1.86 bits per heavy atom. The molecule has 0 saturated carbocycles. The molecule has 0 N–H and O–H groups in total. The van der Waals surface area contributed by atoms with Gasteiger partial charge in [0.1, 0.15) is 11.5 Å². The number of hydrogen-bond donors (Lipinski definition) is 0. The summed E-state index contributed by atoms with van der Waals surface area (Å²) in [6.45, 7) is 4.90. The van der Waals surface area contributed by atoms with Gasteiger partial charge in [-0.3, -0.25) is 0 Å². The maximum absolute atomic E-state index is 12.3. The van der Waals surface area contributed by atoms with Crippen LogP contribution in [0.4, 0.5) is 0 Å². The lowest BCUT2D eigenvalue weighted by atomic mass is 10.0. The number of benzene rings is 3. The standard InChI is InChI=1S/C25H26O3/c1-3-5-19-6-8-20(9-7-19)21-10-16-24(17-11-21)28-25(26)22-12-14-23(15-13-22)27-18-4-2/h6-17H,3-5,18H2,1-2H3. The maximum Gasteiger partial charge on any atom is 0.343 e. The van der Waals surface area contributed by atoms with E-state index in [9.17, 15) is 4.79 Å². The number of aryl methyl sites for hydroxylation is 1. The molecule has 3 rings (SSSR count). The molecular weight excluding hydrogens is 348 g/mol. The smallest absolute Gasteiger partial charge is 0.343 e. The average molecular weight is 374 g/mol. The van der Waals surface area contributed by atoms with E-state index < -0.39 is 0 Å². The summed E-state index contributed by atoms with van der Waals surface area (Å²) in [6.07, 6.45) is 3.19. The van der Waals surface area contributed by atoms with Crippen LogP contribution in [0.2, 0.25) is 0 Å². The summed E-state index contributed by atoms with van der Waals surface area (Å²) in [5, 5.41) is 0. The summed E-state index contributed by atoms with van der Waals surface area (Å²) < 4.78 is 11.0. The van der Waals surface area contributed by atoms with Crippen LogP contribution in [0.3, 0.4) is 0 Å². The molecular formula is C25H26O3. The van der Waals surface area contributed by atoms with E-state index in [1.54, 1.807) is 24.3 Å². The number of ether oxygens (including phenoxy) is 2. The van der Waals surface area contributed by atoms with Crippen molar-refractivity contribution < 1.29 is 14.3 Å². The van der Waals surface area contributed by atoms with Crippen LogP contribution in [-0.4, -0.2) is 12.6 Å². The van der Waals surface area contributed by atoms with Crippen molar-refractivity contribution in [3.05, 3.63) is 83.9 Å². The third-order valence-electron chi connectivity index (χ3n) is 4.45. The largest absolute Gasteiger partial charge is 0.494 e. The van der Waals surface area contributed by atoms with Crippen molar-refractivity contribution in [3.8, 4) is 22.6 Å². The fourth-order valence-electron chi connectivity index (χ4n) is 2.94. The van der Waals surface area contributed by atoms with Gasteiger partial charge in [0.2, 0.25) is 0 Å². The van der Waals surface area contributed by atoms with Gasteiger partial charge < -0.3 is 9.47 Å². The van der Waals surface area contributed by atoms with Crippen LogP contribution in [0, 0.1) is 0 Å². The van der Waals surface area contributed by atoms with Gasteiger partial charge in [0.25, 0.3) is 0 Å². The SMILES string of the molecule is CCCOc1ccc(C(=O)Oc2ccc(-c3ccc(CCC)cc3)cc2)cc1. The van der Waals surface area contributed by atoms with Crippen LogP contribution in [0.25, 0.3) is 11.1 Å². The number of esters is 1. The summed E-state index contributed by atoms with van der Waals surface area (Å²) in [4.78, 5) is 12.3. The average Bonchev–Trinajstić information content (AvgIpc) is 2.74. The molecule has 0 aliphatic carbocycles. The molecule has 0 radical (unpaired) electrons. The van der Waals surface area contributed by atoms with Gasteiger partial charge in [0, 0.05) is 0 Å². The van der Waals surface area contributed by atoms with Gasteiger partial charge in [-0.1, -0.05) is 56.7 Å². The van der Waals surface area contributed by atoms with E-state index in [4.69, 9.17) is 9.47 Å². The number of hydrogen-bond acceptors (Lipinski definition) is 3. The third-order valence-corrected chi connectivity index (χ3v) is 4.45. The molecule has 28 heavy (non-hydrogen) atoms. The van der Waals surface area contributed by atoms with Crippen molar-refractivity contribution in [2.75, 3.05) is 6.61 Å². The van der Waals surface area contributed by atoms with Crippen molar-refractivity contribution >= 4 is 5.97 Å². The van der Waals surface area contributed by atoms with E-state index in [-0.39, 0.29) is 5.97 Å². The molecule has 0 aromatic heterocycles. The zero-order chi connectivity index (χ0) is 19.8. The van der Waals surface area contributed by atoms with E-state index in [2.05, 4.69) is 38.1 Å². The van der Waals surface area contributed by atoms with E-state index in [0.717, 1.165) is 36.1 Å². The molecule has 0 amide bonds. The third kappa shape index (κ3) is 5.23. The Morgan fingerprint density at radius 2 is 1.29 bits per heavy atom. The van der Waals surface area contributed by atoms with Gasteiger partial charge in [0.15, 0.2) is 0 Å². The Balaban J connectivity index is 1.62. The Kier molecular flexibility index (Phi) is 6.85. The molecule has 0 bridgehead atoms. The van der Waals surface area contributed by atoms with E-state index in [1.807, 2.05) is 24.3 Å². The molecule has 0 saturated heterocycles. The highest BCUT2D eigenvalue weighted by Gasteiger charge is 2.09. The van der Waals surface area contributed by atoms with Crippen molar-refractivity contribution in [2.24, 2.45) is 0 Å². The highest BCUT2D eigenvalue weighted by Crippen LogP contribution is 2.24. The van der Waals surface area contributed by atoms with Crippen LogP contribution in [0.1, 0.15) is 42.6 Å². The molecule has 3 heteroatoms. The predicted molar refractivity (Wildman–Crippen MR) is 113 cm³/mol. The van der Waals surface area contributed by atoms with E-state index >= 15 is 0 Å². The van der Waals surface area contributed by atoms with Crippen LogP contribution in [0.5, 0.6) is 11.5 Å². The minimum Gasteiger partial charge on any atom is -0.494 e. The van der Waals surface area contributed by atoms with Crippen molar-refractivity contribution in [2.45, 2.75) is 33.1 Å². The molecule has 0 heterocycles. The Hall–Kier alpha value is -3.07. The second kappa shape index (κ2) is 9.75. The molecule has 0 unspecified atom stereocenters. The molecule has 0 aliphatic heterocycles. The Morgan fingerprint density at radius 1 is 0.714 bits per heavy atom. The number of carbonyl (C=O) groups excluding carboxylic acids is 1. The van der Waals surface area contributed by atoms with Crippen molar-refractivity contribution in [1.82, 2.24) is 0 Å². The zero-order valence-corrected chi connectivity index (χ0v) is 16.5.